The summed E-state index contributed by atoms with van der Waals surface area (Å²) in [4.78, 5) is 26.6. The van der Waals surface area contributed by atoms with E-state index in [1.807, 2.05) is 6.08 Å². The zero-order valence-corrected chi connectivity index (χ0v) is 14.9. The van der Waals surface area contributed by atoms with Gasteiger partial charge in [-0.1, -0.05) is 31.8 Å². The van der Waals surface area contributed by atoms with Crippen LogP contribution in [0.25, 0.3) is 0 Å². The van der Waals surface area contributed by atoms with Crippen LogP contribution in [0.4, 0.5) is 0 Å². The SMILES string of the molecule is C=CCCCNC(=O)C(=O)NCC1(N2CCCCC2)CCCCC1. The average Bonchev–Trinajstić information content (AvgIpc) is 2.64. The molecule has 2 aliphatic rings. The molecule has 0 aromatic carbocycles. The van der Waals surface area contributed by atoms with Gasteiger partial charge in [-0.05, 0) is 51.6 Å². The van der Waals surface area contributed by atoms with Gasteiger partial charge in [-0.15, -0.1) is 6.58 Å². The van der Waals surface area contributed by atoms with Gasteiger partial charge in [0.2, 0.25) is 0 Å². The maximum Gasteiger partial charge on any atom is 0.309 e. The van der Waals surface area contributed by atoms with Crippen molar-refractivity contribution >= 4 is 11.8 Å². The molecule has 2 amide bonds. The number of nitrogens with one attached hydrogen (secondary N) is 2. The van der Waals surface area contributed by atoms with Crippen molar-refractivity contribution < 1.29 is 9.59 Å². The van der Waals surface area contributed by atoms with Gasteiger partial charge in [0.25, 0.3) is 0 Å². The van der Waals surface area contributed by atoms with Crippen molar-refractivity contribution in [3.63, 3.8) is 0 Å². The van der Waals surface area contributed by atoms with E-state index in [9.17, 15) is 9.59 Å². The fourth-order valence-corrected chi connectivity index (χ4v) is 4.04. The van der Waals surface area contributed by atoms with Crippen LogP contribution in [0.3, 0.4) is 0 Å². The number of unbranched alkanes of at least 4 members (excludes halogenated alkanes) is 1. The number of amides is 2. The van der Waals surface area contributed by atoms with Gasteiger partial charge < -0.3 is 10.6 Å². The maximum absolute atomic E-state index is 12.1. The van der Waals surface area contributed by atoms with Crippen molar-refractivity contribution in [1.82, 2.24) is 15.5 Å². The first kappa shape index (κ1) is 19.0. The van der Waals surface area contributed by atoms with Crippen LogP contribution in [0.1, 0.15) is 64.2 Å². The molecule has 0 radical (unpaired) electrons. The Kier molecular flexibility index (Phi) is 7.76. The number of rotatable bonds is 7. The lowest BCUT2D eigenvalue weighted by molar-refractivity contribution is -0.139. The molecule has 0 spiro atoms. The van der Waals surface area contributed by atoms with Gasteiger partial charge in [0.05, 0.1) is 0 Å². The van der Waals surface area contributed by atoms with E-state index in [1.165, 1.54) is 38.5 Å². The Morgan fingerprint density at radius 3 is 2.25 bits per heavy atom. The van der Waals surface area contributed by atoms with Crippen molar-refractivity contribution in [3.8, 4) is 0 Å². The fraction of sp³-hybridized carbons (Fsp3) is 0.789. The quantitative estimate of drug-likeness (QED) is 0.427. The van der Waals surface area contributed by atoms with E-state index in [0.717, 1.165) is 38.8 Å². The van der Waals surface area contributed by atoms with Crippen molar-refractivity contribution in [1.29, 1.82) is 0 Å². The molecule has 1 saturated carbocycles. The maximum atomic E-state index is 12.1. The summed E-state index contributed by atoms with van der Waals surface area (Å²) in [7, 11) is 0. The minimum absolute atomic E-state index is 0.0669. The van der Waals surface area contributed by atoms with Gasteiger partial charge in [-0.3, -0.25) is 14.5 Å². The van der Waals surface area contributed by atoms with Crippen molar-refractivity contribution in [3.05, 3.63) is 12.7 Å². The second-order valence-corrected chi connectivity index (χ2v) is 7.20. The first-order chi connectivity index (χ1) is 11.7. The first-order valence-corrected chi connectivity index (χ1v) is 9.60. The summed E-state index contributed by atoms with van der Waals surface area (Å²) in [5.74, 6) is -1.00. The minimum atomic E-state index is -0.510. The Balaban J connectivity index is 1.84. The predicted octanol–water partition coefficient (Wildman–Crippen LogP) is 2.37. The van der Waals surface area contributed by atoms with Crippen LogP contribution < -0.4 is 10.6 Å². The monoisotopic (exact) mass is 335 g/mol. The molecule has 1 aliphatic heterocycles. The Bertz CT molecular complexity index is 424. The van der Waals surface area contributed by atoms with Crippen molar-refractivity contribution in [2.24, 2.45) is 0 Å². The predicted molar refractivity (Wildman–Crippen MR) is 96.7 cm³/mol. The zero-order chi connectivity index (χ0) is 17.3. The zero-order valence-electron chi connectivity index (χ0n) is 14.9. The van der Waals surface area contributed by atoms with Crippen molar-refractivity contribution in [2.45, 2.75) is 69.7 Å². The molecule has 136 valence electrons. The third kappa shape index (κ3) is 5.33. The smallest absolute Gasteiger partial charge is 0.309 e. The highest BCUT2D eigenvalue weighted by Gasteiger charge is 2.38. The molecule has 0 bridgehead atoms. The van der Waals surface area contributed by atoms with Crippen LogP contribution in [-0.2, 0) is 9.59 Å². The average molecular weight is 335 g/mol. The normalized spacial score (nSPS) is 21.0. The Morgan fingerprint density at radius 1 is 0.958 bits per heavy atom. The highest BCUT2D eigenvalue weighted by Crippen LogP contribution is 2.35. The molecule has 0 aromatic heterocycles. The van der Waals surface area contributed by atoms with Crippen molar-refractivity contribution in [2.75, 3.05) is 26.2 Å². The number of carbonyl (C=O) groups excluding carboxylic acids is 2. The van der Waals surface area contributed by atoms with Gasteiger partial charge >= 0.3 is 11.8 Å². The van der Waals surface area contributed by atoms with E-state index in [2.05, 4.69) is 22.1 Å². The van der Waals surface area contributed by atoms with Gasteiger partial charge in [0, 0.05) is 18.6 Å². The van der Waals surface area contributed by atoms with E-state index < -0.39 is 11.8 Å². The summed E-state index contributed by atoms with van der Waals surface area (Å²) < 4.78 is 0. The summed E-state index contributed by atoms with van der Waals surface area (Å²) in [6.07, 6.45) is 13.3. The highest BCUT2D eigenvalue weighted by molar-refractivity contribution is 6.35. The third-order valence-corrected chi connectivity index (χ3v) is 5.47. The Hall–Kier alpha value is -1.36. The summed E-state index contributed by atoms with van der Waals surface area (Å²) in [6.45, 7) is 7.03. The third-order valence-electron chi connectivity index (χ3n) is 5.47. The number of hydrogen-bond acceptors (Lipinski definition) is 3. The summed E-state index contributed by atoms with van der Waals surface area (Å²) in [5, 5.41) is 5.60. The standard InChI is InChI=1S/C19H33N3O2/c1-2-3-8-13-20-17(23)18(24)21-16-19(11-6-4-7-12-19)22-14-9-5-10-15-22/h2H,1,3-16H2,(H,20,23)(H,21,24). The van der Waals surface area contributed by atoms with E-state index in [1.54, 1.807) is 0 Å². The summed E-state index contributed by atoms with van der Waals surface area (Å²) in [6, 6.07) is 0. The Morgan fingerprint density at radius 2 is 1.58 bits per heavy atom. The van der Waals surface area contributed by atoms with Crippen LogP contribution in [0.2, 0.25) is 0 Å². The molecule has 0 atom stereocenters. The van der Waals surface area contributed by atoms with Gasteiger partial charge in [-0.2, -0.15) is 0 Å². The molecular formula is C19H33N3O2. The van der Waals surface area contributed by atoms with E-state index >= 15 is 0 Å². The van der Waals surface area contributed by atoms with Crippen LogP contribution in [0, 0.1) is 0 Å². The fourth-order valence-electron chi connectivity index (χ4n) is 4.04. The van der Waals surface area contributed by atoms with E-state index in [-0.39, 0.29) is 5.54 Å². The van der Waals surface area contributed by atoms with Gasteiger partial charge in [-0.25, -0.2) is 0 Å². The lowest BCUT2D eigenvalue weighted by Gasteiger charge is -2.48. The molecule has 0 unspecified atom stereocenters. The molecule has 24 heavy (non-hydrogen) atoms. The van der Waals surface area contributed by atoms with Crippen LogP contribution in [0.5, 0.6) is 0 Å². The number of allylic oxidation sites excluding steroid dienone is 1. The topological polar surface area (TPSA) is 61.4 Å². The molecule has 0 aromatic rings. The second-order valence-electron chi connectivity index (χ2n) is 7.20. The molecule has 2 N–H and O–H groups in total. The summed E-state index contributed by atoms with van der Waals surface area (Å²) >= 11 is 0. The lowest BCUT2D eigenvalue weighted by Crippen LogP contribution is -2.59. The minimum Gasteiger partial charge on any atom is -0.348 e. The van der Waals surface area contributed by atoms with Gasteiger partial charge in [0.1, 0.15) is 0 Å². The molecular weight excluding hydrogens is 302 g/mol. The molecule has 2 fully saturated rings. The molecule has 5 heteroatoms. The molecule has 1 heterocycles. The van der Waals surface area contributed by atoms with E-state index in [4.69, 9.17) is 0 Å². The lowest BCUT2D eigenvalue weighted by atomic mass is 9.79. The number of carbonyl (C=O) groups is 2. The molecule has 1 aliphatic carbocycles. The Labute approximate surface area is 146 Å². The first-order valence-electron chi connectivity index (χ1n) is 9.60. The number of likely N-dealkylation sites (tertiary alicyclic amines) is 1. The van der Waals surface area contributed by atoms with Crippen LogP contribution in [-0.4, -0.2) is 48.4 Å². The highest BCUT2D eigenvalue weighted by atomic mass is 16.2. The van der Waals surface area contributed by atoms with Crippen LogP contribution in [0.15, 0.2) is 12.7 Å². The van der Waals surface area contributed by atoms with Crippen LogP contribution >= 0.6 is 0 Å². The largest absolute Gasteiger partial charge is 0.348 e. The number of hydrogen-bond donors (Lipinski definition) is 2. The van der Waals surface area contributed by atoms with E-state index in [0.29, 0.717) is 13.1 Å². The number of nitrogens with zero attached hydrogens (tertiary/aromatic N) is 1. The summed E-state index contributed by atoms with van der Waals surface area (Å²) in [5.41, 5.74) is 0.0669. The number of piperidine rings is 1. The second kappa shape index (κ2) is 9.82. The van der Waals surface area contributed by atoms with Gasteiger partial charge in [0.15, 0.2) is 0 Å². The molecule has 5 nitrogen and oxygen atoms in total. The molecule has 2 rings (SSSR count). The molecule has 1 saturated heterocycles.